The van der Waals surface area contributed by atoms with Gasteiger partial charge in [0.25, 0.3) is 5.91 Å². The lowest BCUT2D eigenvalue weighted by molar-refractivity contribution is 0.0199. The predicted molar refractivity (Wildman–Crippen MR) is 109 cm³/mol. The number of amides is 2. The lowest BCUT2D eigenvalue weighted by atomic mass is 10.0. The minimum atomic E-state index is -0.498. The number of carbonyl (C=O) groups is 2. The summed E-state index contributed by atoms with van der Waals surface area (Å²) >= 11 is 0. The van der Waals surface area contributed by atoms with Crippen LogP contribution in [-0.2, 0) is 9.47 Å². The molecule has 0 saturated carbocycles. The molecule has 1 aromatic carbocycles. The third-order valence-corrected chi connectivity index (χ3v) is 5.06. The molecule has 2 fully saturated rings. The van der Waals surface area contributed by atoms with Crippen molar-refractivity contribution in [2.45, 2.75) is 64.2 Å². The van der Waals surface area contributed by atoms with Gasteiger partial charge in [-0.1, -0.05) is 0 Å². The molecule has 0 bridgehead atoms. The normalized spacial score (nSPS) is 20.4. The molecule has 2 amide bonds. The summed E-state index contributed by atoms with van der Waals surface area (Å²) in [5.74, 6) is 0.633. The van der Waals surface area contributed by atoms with Crippen molar-refractivity contribution in [3.05, 3.63) is 29.8 Å². The zero-order valence-corrected chi connectivity index (χ0v) is 17.6. The second kappa shape index (κ2) is 9.48. The number of hydrogen-bond acceptors (Lipinski definition) is 5. The van der Waals surface area contributed by atoms with E-state index in [4.69, 9.17) is 14.2 Å². The van der Waals surface area contributed by atoms with Crippen LogP contribution in [0.4, 0.5) is 4.79 Å². The highest BCUT2D eigenvalue weighted by molar-refractivity contribution is 5.94. The summed E-state index contributed by atoms with van der Waals surface area (Å²) in [7, 11) is 0. The maximum absolute atomic E-state index is 12.5. The Morgan fingerprint density at radius 3 is 2.41 bits per heavy atom. The zero-order valence-electron chi connectivity index (χ0n) is 17.6. The Hall–Kier alpha value is -2.28. The van der Waals surface area contributed by atoms with Crippen LogP contribution in [0.2, 0.25) is 0 Å². The Bertz CT molecular complexity index is 684. The fourth-order valence-electron chi connectivity index (χ4n) is 3.47. The van der Waals surface area contributed by atoms with Crippen molar-refractivity contribution in [3.63, 3.8) is 0 Å². The molecule has 160 valence electrons. The van der Waals surface area contributed by atoms with Crippen LogP contribution in [0.1, 0.15) is 56.8 Å². The predicted octanol–water partition coefficient (Wildman–Crippen LogP) is 3.37. The Labute approximate surface area is 172 Å². The first-order valence-electron chi connectivity index (χ1n) is 10.4. The van der Waals surface area contributed by atoms with E-state index in [-0.39, 0.29) is 24.1 Å². The zero-order chi connectivity index (χ0) is 20.9. The molecule has 29 heavy (non-hydrogen) atoms. The molecule has 2 heterocycles. The fraction of sp³-hybridized carbons (Fsp3) is 0.636. The monoisotopic (exact) mass is 404 g/mol. The summed E-state index contributed by atoms with van der Waals surface area (Å²) < 4.78 is 16.7. The molecule has 0 aliphatic carbocycles. The van der Waals surface area contributed by atoms with Gasteiger partial charge in [0.15, 0.2) is 0 Å². The minimum Gasteiger partial charge on any atom is -0.491 e. The summed E-state index contributed by atoms with van der Waals surface area (Å²) in [6.45, 7) is 8.08. The summed E-state index contributed by atoms with van der Waals surface area (Å²) in [6.07, 6.45) is 3.43. The molecule has 1 unspecified atom stereocenters. The molecule has 1 atom stereocenters. The van der Waals surface area contributed by atoms with Crippen LogP contribution in [0.3, 0.4) is 0 Å². The van der Waals surface area contributed by atoms with Gasteiger partial charge in [-0.15, -0.1) is 0 Å². The third kappa shape index (κ3) is 6.63. The molecule has 0 radical (unpaired) electrons. The van der Waals surface area contributed by atoms with Gasteiger partial charge in [-0.25, -0.2) is 4.79 Å². The minimum absolute atomic E-state index is 0.0524. The van der Waals surface area contributed by atoms with Gasteiger partial charge in [0.2, 0.25) is 0 Å². The summed E-state index contributed by atoms with van der Waals surface area (Å²) in [5, 5.41) is 3.06. The quantitative estimate of drug-likeness (QED) is 0.814. The molecule has 7 nitrogen and oxygen atoms in total. The lowest BCUT2D eigenvalue weighted by Gasteiger charge is -2.33. The van der Waals surface area contributed by atoms with Crippen LogP contribution in [0, 0.1) is 0 Å². The van der Waals surface area contributed by atoms with E-state index in [2.05, 4.69) is 5.32 Å². The number of rotatable bonds is 5. The van der Waals surface area contributed by atoms with E-state index >= 15 is 0 Å². The first-order valence-corrected chi connectivity index (χ1v) is 10.4. The second-order valence-corrected chi connectivity index (χ2v) is 8.69. The average Bonchev–Trinajstić information content (AvgIpc) is 3.19. The van der Waals surface area contributed by atoms with Gasteiger partial charge in [0.05, 0.1) is 6.10 Å². The van der Waals surface area contributed by atoms with Crippen LogP contribution in [0.25, 0.3) is 0 Å². The number of benzene rings is 1. The van der Waals surface area contributed by atoms with Crippen LogP contribution in [-0.4, -0.2) is 61.0 Å². The van der Waals surface area contributed by atoms with Gasteiger partial charge in [-0.05, 0) is 70.7 Å². The van der Waals surface area contributed by atoms with Crippen molar-refractivity contribution in [1.29, 1.82) is 0 Å². The molecular weight excluding hydrogens is 372 g/mol. The van der Waals surface area contributed by atoms with Crippen molar-refractivity contribution in [3.8, 4) is 5.75 Å². The topological polar surface area (TPSA) is 77.1 Å². The van der Waals surface area contributed by atoms with E-state index in [9.17, 15) is 9.59 Å². The number of carbonyl (C=O) groups excluding carboxylic acids is 2. The van der Waals surface area contributed by atoms with E-state index in [1.807, 2.05) is 32.9 Å². The summed E-state index contributed by atoms with van der Waals surface area (Å²) in [4.78, 5) is 26.3. The molecule has 2 saturated heterocycles. The number of likely N-dealkylation sites (tertiary alicyclic amines) is 1. The standard InChI is InChI=1S/C22H32N2O5/c1-22(2,3)29-21(26)24-12-10-17(11-13-24)23-20(25)16-6-8-18(9-7-16)28-15-19-5-4-14-27-19/h6-9,17,19H,4-5,10-15H2,1-3H3,(H,23,25). The molecule has 0 aromatic heterocycles. The molecule has 7 heteroatoms. The fourth-order valence-corrected chi connectivity index (χ4v) is 3.47. The Balaban J connectivity index is 1.41. The molecule has 3 rings (SSSR count). The molecule has 1 aromatic rings. The first kappa shape index (κ1) is 21.4. The molecule has 0 spiro atoms. The smallest absolute Gasteiger partial charge is 0.410 e. The van der Waals surface area contributed by atoms with Gasteiger partial charge in [0, 0.05) is 31.3 Å². The van der Waals surface area contributed by atoms with Crippen molar-refractivity contribution >= 4 is 12.0 Å². The maximum atomic E-state index is 12.5. The van der Waals surface area contributed by atoms with Crippen molar-refractivity contribution in [2.75, 3.05) is 26.3 Å². The highest BCUT2D eigenvalue weighted by Gasteiger charge is 2.27. The second-order valence-electron chi connectivity index (χ2n) is 8.69. The van der Waals surface area contributed by atoms with E-state index in [0.717, 1.165) is 25.2 Å². The van der Waals surface area contributed by atoms with Gasteiger partial charge in [-0.3, -0.25) is 4.79 Å². The van der Waals surface area contributed by atoms with E-state index < -0.39 is 5.60 Å². The van der Waals surface area contributed by atoms with Gasteiger partial charge >= 0.3 is 6.09 Å². The van der Waals surface area contributed by atoms with Crippen LogP contribution < -0.4 is 10.1 Å². The first-order chi connectivity index (χ1) is 13.8. The highest BCUT2D eigenvalue weighted by atomic mass is 16.6. The van der Waals surface area contributed by atoms with Crippen LogP contribution in [0.5, 0.6) is 5.75 Å². The Kier molecular flexibility index (Phi) is 7.00. The third-order valence-electron chi connectivity index (χ3n) is 5.06. The van der Waals surface area contributed by atoms with Gasteiger partial charge < -0.3 is 24.4 Å². The summed E-state index contributed by atoms with van der Waals surface area (Å²) in [6, 6.07) is 7.23. The number of nitrogens with zero attached hydrogens (tertiary/aromatic N) is 1. The van der Waals surface area contributed by atoms with Crippen LogP contribution in [0.15, 0.2) is 24.3 Å². The van der Waals surface area contributed by atoms with E-state index in [0.29, 0.717) is 38.1 Å². The summed E-state index contributed by atoms with van der Waals surface area (Å²) in [5.41, 5.74) is 0.103. The van der Waals surface area contributed by atoms with E-state index in [1.165, 1.54) is 0 Å². The molecule has 2 aliphatic rings. The number of nitrogens with one attached hydrogen (secondary N) is 1. The van der Waals surface area contributed by atoms with Crippen molar-refractivity contribution < 1.29 is 23.8 Å². The Morgan fingerprint density at radius 2 is 1.83 bits per heavy atom. The average molecular weight is 405 g/mol. The number of ether oxygens (including phenoxy) is 3. The molecule has 2 aliphatic heterocycles. The number of hydrogen-bond donors (Lipinski definition) is 1. The van der Waals surface area contributed by atoms with Crippen molar-refractivity contribution in [2.24, 2.45) is 0 Å². The Morgan fingerprint density at radius 1 is 1.14 bits per heavy atom. The van der Waals surface area contributed by atoms with Gasteiger partial charge in [-0.2, -0.15) is 0 Å². The largest absolute Gasteiger partial charge is 0.491 e. The van der Waals surface area contributed by atoms with Crippen LogP contribution >= 0.6 is 0 Å². The lowest BCUT2D eigenvalue weighted by Crippen LogP contribution is -2.47. The maximum Gasteiger partial charge on any atom is 0.410 e. The molecular formula is C22H32N2O5. The van der Waals surface area contributed by atoms with Crippen molar-refractivity contribution in [1.82, 2.24) is 10.2 Å². The van der Waals surface area contributed by atoms with E-state index in [1.54, 1.807) is 17.0 Å². The molecule has 1 N–H and O–H groups in total. The SMILES string of the molecule is CC(C)(C)OC(=O)N1CCC(NC(=O)c2ccc(OCC3CCCO3)cc2)CC1. The highest BCUT2D eigenvalue weighted by Crippen LogP contribution is 2.18. The van der Waals surface area contributed by atoms with Gasteiger partial charge in [0.1, 0.15) is 18.0 Å². The number of piperidine rings is 1.